The molecule has 2 heterocycles. The van der Waals surface area contributed by atoms with Crippen molar-refractivity contribution < 1.29 is 9.13 Å². The van der Waals surface area contributed by atoms with Gasteiger partial charge in [0.2, 0.25) is 5.95 Å². The maximum absolute atomic E-state index is 13.1. The number of piperazine rings is 1. The van der Waals surface area contributed by atoms with Gasteiger partial charge in [-0.2, -0.15) is 0 Å². The standard InChI is InChI=1S/C18H23FN4O2/c1-14-12-17(24)23(18(21-14)22-9-6-20-7-10-22)8-3-11-25-16-5-2-4-15(19)13-16/h2,4-5,12-13,20H,3,6-11H2,1H3. The van der Waals surface area contributed by atoms with Gasteiger partial charge < -0.3 is 15.0 Å². The summed E-state index contributed by atoms with van der Waals surface area (Å²) in [5.74, 6) is 0.895. The van der Waals surface area contributed by atoms with Crippen molar-refractivity contribution in [3.8, 4) is 5.75 Å². The van der Waals surface area contributed by atoms with E-state index in [-0.39, 0.29) is 11.4 Å². The van der Waals surface area contributed by atoms with Crippen molar-refractivity contribution in [1.29, 1.82) is 0 Å². The van der Waals surface area contributed by atoms with Crippen LogP contribution in [0.1, 0.15) is 12.1 Å². The number of aromatic nitrogens is 2. The molecule has 6 nitrogen and oxygen atoms in total. The van der Waals surface area contributed by atoms with Crippen LogP contribution in [0.25, 0.3) is 0 Å². The lowest BCUT2D eigenvalue weighted by Gasteiger charge is -2.30. The lowest BCUT2D eigenvalue weighted by atomic mass is 10.3. The summed E-state index contributed by atoms with van der Waals surface area (Å²) in [7, 11) is 0. The van der Waals surface area contributed by atoms with Gasteiger partial charge in [-0.25, -0.2) is 9.37 Å². The molecule has 1 N–H and O–H groups in total. The second-order valence-corrected chi connectivity index (χ2v) is 6.08. The summed E-state index contributed by atoms with van der Waals surface area (Å²) in [6.45, 7) is 6.18. The van der Waals surface area contributed by atoms with Crippen LogP contribution in [0, 0.1) is 12.7 Å². The van der Waals surface area contributed by atoms with Gasteiger partial charge in [0.15, 0.2) is 0 Å². The lowest BCUT2D eigenvalue weighted by molar-refractivity contribution is 0.299. The average molecular weight is 346 g/mol. The largest absolute Gasteiger partial charge is 0.493 e. The summed E-state index contributed by atoms with van der Waals surface area (Å²) in [5, 5.41) is 3.30. The summed E-state index contributed by atoms with van der Waals surface area (Å²) in [4.78, 5) is 19.1. The van der Waals surface area contributed by atoms with E-state index in [0.717, 1.165) is 37.8 Å². The summed E-state index contributed by atoms with van der Waals surface area (Å²) >= 11 is 0. The number of anilines is 1. The van der Waals surface area contributed by atoms with Gasteiger partial charge in [-0.15, -0.1) is 0 Å². The van der Waals surface area contributed by atoms with E-state index in [9.17, 15) is 9.18 Å². The molecular formula is C18H23FN4O2. The van der Waals surface area contributed by atoms with E-state index in [4.69, 9.17) is 4.74 Å². The Balaban J connectivity index is 1.66. The van der Waals surface area contributed by atoms with Crippen LogP contribution < -0.4 is 20.5 Å². The summed E-state index contributed by atoms with van der Waals surface area (Å²) in [6, 6.07) is 7.62. The first-order chi connectivity index (χ1) is 12.1. The van der Waals surface area contributed by atoms with E-state index in [1.807, 2.05) is 6.92 Å². The van der Waals surface area contributed by atoms with Gasteiger partial charge in [0.1, 0.15) is 11.6 Å². The average Bonchev–Trinajstić information content (AvgIpc) is 2.60. The van der Waals surface area contributed by atoms with Crippen LogP contribution in [0.5, 0.6) is 5.75 Å². The first kappa shape index (κ1) is 17.4. The molecule has 0 atom stereocenters. The molecule has 25 heavy (non-hydrogen) atoms. The van der Waals surface area contributed by atoms with E-state index in [2.05, 4.69) is 15.2 Å². The Morgan fingerprint density at radius 2 is 2.08 bits per heavy atom. The molecule has 0 radical (unpaired) electrons. The first-order valence-corrected chi connectivity index (χ1v) is 8.56. The highest BCUT2D eigenvalue weighted by atomic mass is 19.1. The minimum atomic E-state index is -0.322. The van der Waals surface area contributed by atoms with E-state index in [1.165, 1.54) is 12.1 Å². The van der Waals surface area contributed by atoms with Crippen LogP contribution in [-0.4, -0.2) is 42.3 Å². The number of aryl methyl sites for hydroxylation is 1. The van der Waals surface area contributed by atoms with Crippen molar-refractivity contribution in [3.63, 3.8) is 0 Å². The van der Waals surface area contributed by atoms with Crippen molar-refractivity contribution in [1.82, 2.24) is 14.9 Å². The molecule has 1 fully saturated rings. The fourth-order valence-electron chi connectivity index (χ4n) is 2.89. The Hall–Kier alpha value is -2.41. The van der Waals surface area contributed by atoms with Crippen molar-refractivity contribution in [2.75, 3.05) is 37.7 Å². The predicted octanol–water partition coefficient (Wildman–Crippen LogP) is 1.57. The van der Waals surface area contributed by atoms with Crippen LogP contribution in [0.15, 0.2) is 35.1 Å². The number of ether oxygens (including phenoxy) is 1. The number of rotatable bonds is 6. The highest BCUT2D eigenvalue weighted by Gasteiger charge is 2.17. The monoisotopic (exact) mass is 346 g/mol. The molecule has 1 aromatic carbocycles. The maximum atomic E-state index is 13.1. The van der Waals surface area contributed by atoms with E-state index >= 15 is 0 Å². The van der Waals surface area contributed by atoms with Crippen molar-refractivity contribution in [2.24, 2.45) is 0 Å². The Labute approximate surface area is 146 Å². The molecule has 134 valence electrons. The number of benzene rings is 1. The summed E-state index contributed by atoms with van der Waals surface area (Å²) < 4.78 is 20.4. The van der Waals surface area contributed by atoms with Gasteiger partial charge >= 0.3 is 0 Å². The maximum Gasteiger partial charge on any atom is 0.255 e. The fourth-order valence-corrected chi connectivity index (χ4v) is 2.89. The molecule has 0 saturated carbocycles. The second kappa shape index (κ2) is 8.11. The highest BCUT2D eigenvalue weighted by molar-refractivity contribution is 5.33. The SMILES string of the molecule is Cc1cc(=O)n(CCCOc2cccc(F)c2)c(N2CCNCC2)n1. The molecule has 0 aliphatic carbocycles. The Morgan fingerprint density at radius 1 is 1.28 bits per heavy atom. The smallest absolute Gasteiger partial charge is 0.255 e. The van der Waals surface area contributed by atoms with Gasteiger partial charge in [0, 0.05) is 50.6 Å². The van der Waals surface area contributed by atoms with Crippen molar-refractivity contribution in [2.45, 2.75) is 19.9 Å². The predicted molar refractivity (Wildman–Crippen MR) is 94.8 cm³/mol. The number of nitrogens with zero attached hydrogens (tertiary/aromatic N) is 3. The second-order valence-electron chi connectivity index (χ2n) is 6.08. The molecule has 2 aromatic rings. The van der Waals surface area contributed by atoms with Crippen LogP contribution in [0.4, 0.5) is 10.3 Å². The van der Waals surface area contributed by atoms with Gasteiger partial charge in [-0.05, 0) is 25.5 Å². The number of halogens is 1. The molecule has 0 unspecified atom stereocenters. The van der Waals surface area contributed by atoms with Crippen LogP contribution >= 0.6 is 0 Å². The quantitative estimate of drug-likeness (QED) is 0.805. The molecule has 3 rings (SSSR count). The van der Waals surface area contributed by atoms with Crippen LogP contribution in [-0.2, 0) is 6.54 Å². The third kappa shape index (κ3) is 4.57. The third-order valence-electron chi connectivity index (χ3n) is 4.11. The molecular weight excluding hydrogens is 323 g/mol. The number of hydrogen-bond donors (Lipinski definition) is 1. The van der Waals surface area contributed by atoms with Gasteiger partial charge in [0.05, 0.1) is 6.61 Å². The zero-order chi connectivity index (χ0) is 17.6. The Morgan fingerprint density at radius 3 is 2.84 bits per heavy atom. The van der Waals surface area contributed by atoms with E-state index in [1.54, 1.807) is 22.8 Å². The first-order valence-electron chi connectivity index (χ1n) is 8.56. The molecule has 1 aromatic heterocycles. The fraction of sp³-hybridized carbons (Fsp3) is 0.444. The molecule has 0 spiro atoms. The molecule has 1 aliphatic heterocycles. The van der Waals surface area contributed by atoms with Crippen LogP contribution in [0.3, 0.4) is 0 Å². The summed E-state index contributed by atoms with van der Waals surface area (Å²) in [5.41, 5.74) is 0.678. The lowest BCUT2D eigenvalue weighted by Crippen LogP contribution is -2.46. The Kier molecular flexibility index (Phi) is 5.65. The van der Waals surface area contributed by atoms with E-state index in [0.29, 0.717) is 25.3 Å². The third-order valence-corrected chi connectivity index (χ3v) is 4.11. The number of hydrogen-bond acceptors (Lipinski definition) is 5. The molecule has 1 saturated heterocycles. The van der Waals surface area contributed by atoms with Gasteiger partial charge in [-0.3, -0.25) is 9.36 Å². The van der Waals surface area contributed by atoms with Gasteiger partial charge in [0.25, 0.3) is 5.56 Å². The number of nitrogens with one attached hydrogen (secondary N) is 1. The topological polar surface area (TPSA) is 59.4 Å². The van der Waals surface area contributed by atoms with Gasteiger partial charge in [-0.1, -0.05) is 6.07 Å². The zero-order valence-electron chi connectivity index (χ0n) is 14.4. The normalized spacial score (nSPS) is 14.6. The highest BCUT2D eigenvalue weighted by Crippen LogP contribution is 2.14. The Bertz CT molecular complexity index is 772. The van der Waals surface area contributed by atoms with Crippen molar-refractivity contribution in [3.05, 3.63) is 52.2 Å². The molecule has 1 aliphatic rings. The minimum absolute atomic E-state index is 0.0493. The molecule has 7 heteroatoms. The zero-order valence-corrected chi connectivity index (χ0v) is 14.4. The van der Waals surface area contributed by atoms with Crippen molar-refractivity contribution >= 4 is 5.95 Å². The molecule has 0 amide bonds. The minimum Gasteiger partial charge on any atom is -0.493 e. The van der Waals surface area contributed by atoms with Crippen LogP contribution in [0.2, 0.25) is 0 Å². The van der Waals surface area contributed by atoms with E-state index < -0.39 is 0 Å². The summed E-state index contributed by atoms with van der Waals surface area (Å²) in [6.07, 6.45) is 0.639. The molecule has 0 bridgehead atoms.